The molecular formula is C13H19ClN2O2. The van der Waals surface area contributed by atoms with Gasteiger partial charge in [-0.1, -0.05) is 31.5 Å². The molecular weight excluding hydrogens is 252 g/mol. The van der Waals surface area contributed by atoms with Crippen molar-refractivity contribution in [2.75, 3.05) is 13.7 Å². The molecule has 5 heteroatoms. The first kappa shape index (κ1) is 14.8. The van der Waals surface area contributed by atoms with Crippen molar-refractivity contribution >= 4 is 17.5 Å². The Kier molecular flexibility index (Phi) is 5.95. The lowest BCUT2D eigenvalue weighted by atomic mass is 10.2. The smallest absolute Gasteiger partial charge is 0.234 e. The number of ether oxygens (including phenoxy) is 1. The van der Waals surface area contributed by atoms with Crippen molar-refractivity contribution in [2.45, 2.75) is 26.4 Å². The summed E-state index contributed by atoms with van der Waals surface area (Å²) in [5, 5.41) is 6.44. The minimum atomic E-state index is -0.0642. The molecule has 2 N–H and O–H groups in total. The number of hydrogen-bond acceptors (Lipinski definition) is 3. The van der Waals surface area contributed by atoms with Crippen molar-refractivity contribution in [3.05, 3.63) is 28.8 Å². The largest absolute Gasteiger partial charge is 0.496 e. The number of hydrogen-bond donors (Lipinski definition) is 2. The van der Waals surface area contributed by atoms with Gasteiger partial charge in [-0.2, -0.15) is 0 Å². The van der Waals surface area contributed by atoms with Crippen LogP contribution in [0.1, 0.15) is 19.4 Å². The highest BCUT2D eigenvalue weighted by molar-refractivity contribution is 6.31. The zero-order valence-electron chi connectivity index (χ0n) is 10.9. The summed E-state index contributed by atoms with van der Waals surface area (Å²) in [6.45, 7) is 4.64. The fraction of sp³-hybridized carbons (Fsp3) is 0.462. The molecule has 0 radical (unpaired) electrons. The fourth-order valence-electron chi connectivity index (χ4n) is 1.45. The van der Waals surface area contributed by atoms with E-state index in [-0.39, 0.29) is 11.9 Å². The average molecular weight is 271 g/mol. The molecule has 0 heterocycles. The number of nitrogens with one attached hydrogen (secondary N) is 2. The van der Waals surface area contributed by atoms with Crippen molar-refractivity contribution in [1.82, 2.24) is 10.6 Å². The molecule has 0 saturated carbocycles. The first-order valence-corrected chi connectivity index (χ1v) is 6.24. The van der Waals surface area contributed by atoms with Crippen molar-refractivity contribution in [3.63, 3.8) is 0 Å². The Morgan fingerprint density at radius 3 is 2.78 bits per heavy atom. The summed E-state index contributed by atoms with van der Waals surface area (Å²) in [5.41, 5.74) is 0.791. The van der Waals surface area contributed by atoms with Crippen LogP contribution < -0.4 is 15.4 Å². The molecule has 18 heavy (non-hydrogen) atoms. The van der Waals surface area contributed by atoms with E-state index in [0.29, 0.717) is 23.9 Å². The highest BCUT2D eigenvalue weighted by Gasteiger charge is 2.09. The zero-order valence-corrected chi connectivity index (χ0v) is 11.7. The molecule has 0 fully saturated rings. The Morgan fingerprint density at radius 1 is 1.44 bits per heavy atom. The number of carbonyl (C=O) groups is 1. The molecule has 1 aromatic rings. The van der Waals surface area contributed by atoms with E-state index in [4.69, 9.17) is 16.3 Å². The summed E-state index contributed by atoms with van der Waals surface area (Å²) in [4.78, 5) is 11.6. The van der Waals surface area contributed by atoms with E-state index in [1.54, 1.807) is 13.2 Å². The van der Waals surface area contributed by atoms with E-state index in [1.807, 2.05) is 26.0 Å². The third kappa shape index (κ3) is 4.55. The first-order valence-electron chi connectivity index (χ1n) is 5.86. The molecule has 0 aliphatic rings. The van der Waals surface area contributed by atoms with Gasteiger partial charge in [0.1, 0.15) is 5.75 Å². The Hall–Kier alpha value is -1.26. The maximum atomic E-state index is 11.6. The molecule has 0 bridgehead atoms. The molecule has 1 amide bonds. The molecule has 0 aliphatic heterocycles. The number of methoxy groups -OCH3 is 1. The van der Waals surface area contributed by atoms with Gasteiger partial charge in [0, 0.05) is 23.2 Å². The number of halogens is 1. The summed E-state index contributed by atoms with van der Waals surface area (Å²) in [6, 6.07) is 5.69. The van der Waals surface area contributed by atoms with E-state index >= 15 is 0 Å². The van der Waals surface area contributed by atoms with E-state index in [1.165, 1.54) is 0 Å². The van der Waals surface area contributed by atoms with Crippen LogP contribution in [0.2, 0.25) is 5.02 Å². The van der Waals surface area contributed by atoms with Gasteiger partial charge in [-0.15, -0.1) is 0 Å². The summed E-state index contributed by atoms with van der Waals surface area (Å²) >= 11 is 6.07. The van der Waals surface area contributed by atoms with Gasteiger partial charge in [-0.25, -0.2) is 0 Å². The average Bonchev–Trinajstić information content (AvgIpc) is 2.34. The molecule has 4 nitrogen and oxygen atoms in total. The number of carbonyl (C=O) groups excluding carboxylic acids is 1. The van der Waals surface area contributed by atoms with Gasteiger partial charge in [0.25, 0.3) is 0 Å². The van der Waals surface area contributed by atoms with Crippen molar-refractivity contribution in [2.24, 2.45) is 0 Å². The Bertz CT molecular complexity index is 408. The topological polar surface area (TPSA) is 50.4 Å². The summed E-state index contributed by atoms with van der Waals surface area (Å²) in [7, 11) is 1.58. The second kappa shape index (κ2) is 7.24. The summed E-state index contributed by atoms with van der Waals surface area (Å²) in [6.07, 6.45) is 0. The molecule has 0 aromatic heterocycles. The standard InChI is InChI=1S/C13H19ClN2O2/c1-9(2)15-8-13(17)16-7-10-11(14)5-4-6-12(10)18-3/h4-6,9,15H,7-8H2,1-3H3,(H,16,17). The summed E-state index contributed by atoms with van der Waals surface area (Å²) in [5.74, 6) is 0.616. The predicted octanol–water partition coefficient (Wildman–Crippen LogP) is 1.96. The van der Waals surface area contributed by atoms with Gasteiger partial charge in [-0.3, -0.25) is 4.79 Å². The molecule has 1 aromatic carbocycles. The first-order chi connectivity index (χ1) is 8.54. The maximum Gasteiger partial charge on any atom is 0.234 e. The van der Waals surface area contributed by atoms with Crippen LogP contribution in [0.5, 0.6) is 5.75 Å². The van der Waals surface area contributed by atoms with Crippen LogP contribution in [-0.2, 0) is 11.3 Å². The lowest BCUT2D eigenvalue weighted by Gasteiger charge is -2.12. The Labute approximate surface area is 113 Å². The quantitative estimate of drug-likeness (QED) is 0.831. The molecule has 0 aliphatic carbocycles. The van der Waals surface area contributed by atoms with Crippen LogP contribution in [0.25, 0.3) is 0 Å². The van der Waals surface area contributed by atoms with Gasteiger partial charge >= 0.3 is 0 Å². The third-order valence-electron chi connectivity index (χ3n) is 2.43. The Balaban J connectivity index is 2.55. The van der Waals surface area contributed by atoms with Gasteiger partial charge in [0.15, 0.2) is 0 Å². The molecule has 100 valence electrons. The predicted molar refractivity (Wildman–Crippen MR) is 73.0 cm³/mol. The maximum absolute atomic E-state index is 11.6. The Morgan fingerprint density at radius 2 is 2.17 bits per heavy atom. The molecule has 0 atom stereocenters. The van der Waals surface area contributed by atoms with Crippen LogP contribution in [-0.4, -0.2) is 25.6 Å². The van der Waals surface area contributed by atoms with E-state index in [9.17, 15) is 4.79 Å². The van der Waals surface area contributed by atoms with Crippen LogP contribution in [0, 0.1) is 0 Å². The SMILES string of the molecule is COc1cccc(Cl)c1CNC(=O)CNC(C)C. The summed E-state index contributed by atoms with van der Waals surface area (Å²) < 4.78 is 5.21. The highest BCUT2D eigenvalue weighted by Crippen LogP contribution is 2.25. The zero-order chi connectivity index (χ0) is 13.5. The van der Waals surface area contributed by atoms with E-state index in [0.717, 1.165) is 5.56 Å². The van der Waals surface area contributed by atoms with Crippen LogP contribution in [0.4, 0.5) is 0 Å². The number of benzene rings is 1. The van der Waals surface area contributed by atoms with Crippen LogP contribution in [0.3, 0.4) is 0 Å². The second-order valence-electron chi connectivity index (χ2n) is 4.23. The second-order valence-corrected chi connectivity index (χ2v) is 4.64. The third-order valence-corrected chi connectivity index (χ3v) is 2.78. The normalized spacial score (nSPS) is 10.5. The highest BCUT2D eigenvalue weighted by atomic mass is 35.5. The molecule has 0 unspecified atom stereocenters. The van der Waals surface area contributed by atoms with Crippen molar-refractivity contribution in [1.29, 1.82) is 0 Å². The monoisotopic (exact) mass is 270 g/mol. The lowest BCUT2D eigenvalue weighted by molar-refractivity contribution is -0.120. The van der Waals surface area contributed by atoms with E-state index < -0.39 is 0 Å². The minimum absolute atomic E-state index is 0.0642. The molecule has 1 rings (SSSR count). The van der Waals surface area contributed by atoms with Crippen molar-refractivity contribution < 1.29 is 9.53 Å². The fourth-order valence-corrected chi connectivity index (χ4v) is 1.68. The van der Waals surface area contributed by atoms with Gasteiger partial charge in [-0.05, 0) is 12.1 Å². The number of rotatable bonds is 6. The van der Waals surface area contributed by atoms with Gasteiger partial charge < -0.3 is 15.4 Å². The van der Waals surface area contributed by atoms with Gasteiger partial charge in [0.2, 0.25) is 5.91 Å². The van der Waals surface area contributed by atoms with Crippen LogP contribution in [0.15, 0.2) is 18.2 Å². The van der Waals surface area contributed by atoms with Gasteiger partial charge in [0.05, 0.1) is 13.7 Å². The number of amides is 1. The molecule has 0 saturated heterocycles. The molecule has 0 spiro atoms. The lowest BCUT2D eigenvalue weighted by Crippen LogP contribution is -2.36. The van der Waals surface area contributed by atoms with E-state index in [2.05, 4.69) is 10.6 Å². The van der Waals surface area contributed by atoms with Crippen molar-refractivity contribution in [3.8, 4) is 5.75 Å². The minimum Gasteiger partial charge on any atom is -0.496 e. The van der Waals surface area contributed by atoms with Crippen LogP contribution >= 0.6 is 11.6 Å².